The molecule has 0 saturated heterocycles. The molecule has 4 N–H and O–H groups in total. The van der Waals surface area contributed by atoms with Gasteiger partial charge in [-0.25, -0.2) is 9.37 Å². The first-order valence-corrected chi connectivity index (χ1v) is 13.8. The first-order valence-electron chi connectivity index (χ1n) is 12.3. The Morgan fingerprint density at radius 2 is 1.92 bits per heavy atom. The molecule has 12 heteroatoms. The Morgan fingerprint density at radius 1 is 1.21 bits per heavy atom. The van der Waals surface area contributed by atoms with E-state index in [2.05, 4.69) is 15.2 Å². The number of H-pyrrole nitrogens is 1. The van der Waals surface area contributed by atoms with Gasteiger partial charge >= 0.3 is 0 Å². The summed E-state index contributed by atoms with van der Waals surface area (Å²) in [6.45, 7) is 5.78. The lowest BCUT2D eigenvalue weighted by Crippen LogP contribution is -2.34. The Bertz CT molecular complexity index is 1420. The molecule has 10 nitrogen and oxygen atoms in total. The van der Waals surface area contributed by atoms with E-state index in [0.29, 0.717) is 36.3 Å². The normalized spacial score (nSPS) is 13.3. The molecule has 0 aliphatic heterocycles. The van der Waals surface area contributed by atoms with E-state index < -0.39 is 33.0 Å². The van der Waals surface area contributed by atoms with Crippen LogP contribution < -0.4 is 5.73 Å². The monoisotopic (exact) mass is 542 g/mol. The van der Waals surface area contributed by atoms with Gasteiger partial charge in [-0.15, -0.1) is 0 Å². The quantitative estimate of drug-likeness (QED) is 0.277. The maximum Gasteiger partial charge on any atom is 0.268 e. The number of nitrogens with one attached hydrogen (secondary N) is 1. The van der Waals surface area contributed by atoms with Crippen LogP contribution in [-0.2, 0) is 16.5 Å². The molecule has 1 amide bonds. The zero-order chi connectivity index (χ0) is 27.9. The standard InChI is InChI=1S/C26H31FN6O4S/c1-3-33(4-2)14-13-23(38(35,36)37)21(11-9-17-7-5-6-8-20(17)24(29)34)26-30-25(31-32-26)18-10-12-22(27)19(15-18)16-28/h5-8,10,12,15,21,23H,3-4,9,11,13-14H2,1-2H3,(H2,29,34)(H,30,31,32)(H,35,36,37)/t21-,23?/m0/s1. The molecular formula is C26H31FN6O4S. The summed E-state index contributed by atoms with van der Waals surface area (Å²) in [7, 11) is -4.53. The number of carbonyl (C=O) groups is 1. The van der Waals surface area contributed by atoms with Gasteiger partial charge in [0.05, 0.1) is 10.8 Å². The fourth-order valence-corrected chi connectivity index (χ4v) is 5.60. The summed E-state index contributed by atoms with van der Waals surface area (Å²) in [5.74, 6) is -1.74. The second kappa shape index (κ2) is 12.7. The minimum absolute atomic E-state index is 0.133. The second-order valence-electron chi connectivity index (χ2n) is 8.89. The summed E-state index contributed by atoms with van der Waals surface area (Å²) < 4.78 is 49.4. The van der Waals surface area contributed by atoms with E-state index in [9.17, 15) is 22.2 Å². The Balaban J connectivity index is 2.02. The number of halogens is 1. The van der Waals surface area contributed by atoms with Crippen LogP contribution in [0.15, 0.2) is 42.5 Å². The lowest BCUT2D eigenvalue weighted by Gasteiger charge is -2.26. The number of nitrogens with zero attached hydrogens (tertiary/aromatic N) is 4. The van der Waals surface area contributed by atoms with Gasteiger partial charge in [0.25, 0.3) is 10.1 Å². The molecule has 2 atom stereocenters. The van der Waals surface area contributed by atoms with Gasteiger partial charge in [0.15, 0.2) is 5.82 Å². The highest BCUT2D eigenvalue weighted by molar-refractivity contribution is 7.86. The number of nitrogens with two attached hydrogens (primary N) is 1. The predicted octanol–water partition coefficient (Wildman–Crippen LogP) is 3.29. The molecule has 0 aliphatic rings. The number of hydrogen-bond acceptors (Lipinski definition) is 7. The lowest BCUT2D eigenvalue weighted by molar-refractivity contribution is 0.0999. The topological polar surface area (TPSA) is 166 Å². The van der Waals surface area contributed by atoms with Gasteiger partial charge in [-0.2, -0.15) is 18.8 Å². The summed E-state index contributed by atoms with van der Waals surface area (Å²) in [6.07, 6.45) is 0.620. The summed E-state index contributed by atoms with van der Waals surface area (Å²) >= 11 is 0. The minimum Gasteiger partial charge on any atom is -0.366 e. The maximum atomic E-state index is 13.8. The van der Waals surface area contributed by atoms with Crippen LogP contribution in [0, 0.1) is 17.1 Å². The Labute approximate surface area is 221 Å². The highest BCUT2D eigenvalue weighted by Gasteiger charge is 2.35. The van der Waals surface area contributed by atoms with E-state index in [4.69, 9.17) is 11.0 Å². The summed E-state index contributed by atoms with van der Waals surface area (Å²) in [4.78, 5) is 18.4. The largest absolute Gasteiger partial charge is 0.366 e. The zero-order valence-corrected chi connectivity index (χ0v) is 22.1. The van der Waals surface area contributed by atoms with E-state index in [-0.39, 0.29) is 36.5 Å². The molecule has 38 heavy (non-hydrogen) atoms. The first kappa shape index (κ1) is 28.9. The number of benzene rings is 2. The van der Waals surface area contributed by atoms with Crippen molar-refractivity contribution in [2.24, 2.45) is 5.73 Å². The van der Waals surface area contributed by atoms with Crippen molar-refractivity contribution < 1.29 is 22.2 Å². The number of aromatic nitrogens is 3. The van der Waals surface area contributed by atoms with Gasteiger partial charge in [-0.1, -0.05) is 32.0 Å². The van der Waals surface area contributed by atoms with Crippen molar-refractivity contribution in [2.45, 2.75) is 44.3 Å². The lowest BCUT2D eigenvalue weighted by atomic mass is 9.92. The molecule has 0 saturated carbocycles. The molecule has 0 spiro atoms. The Morgan fingerprint density at radius 3 is 2.55 bits per heavy atom. The second-order valence-corrected chi connectivity index (χ2v) is 10.5. The van der Waals surface area contributed by atoms with Crippen molar-refractivity contribution in [1.29, 1.82) is 5.26 Å². The third-order valence-corrected chi connectivity index (χ3v) is 7.99. The maximum absolute atomic E-state index is 13.8. The van der Waals surface area contributed by atoms with E-state index in [1.807, 2.05) is 18.7 Å². The van der Waals surface area contributed by atoms with Crippen LogP contribution in [0.4, 0.5) is 4.39 Å². The third kappa shape index (κ3) is 7.00. The van der Waals surface area contributed by atoms with Crippen LogP contribution in [-0.4, -0.2) is 63.8 Å². The van der Waals surface area contributed by atoms with Gasteiger partial charge in [0, 0.05) is 17.0 Å². The number of amides is 1. The first-order chi connectivity index (χ1) is 18.1. The fourth-order valence-electron chi connectivity index (χ4n) is 4.52. The minimum atomic E-state index is -4.53. The molecule has 2 aromatic carbocycles. The number of rotatable bonds is 13. The van der Waals surface area contributed by atoms with Crippen molar-refractivity contribution in [3.8, 4) is 17.5 Å². The molecular weight excluding hydrogens is 511 g/mol. The summed E-state index contributed by atoms with van der Waals surface area (Å²) in [6, 6.07) is 12.4. The molecule has 0 bridgehead atoms. The van der Waals surface area contributed by atoms with Gasteiger partial charge in [-0.3, -0.25) is 14.4 Å². The number of carbonyl (C=O) groups excluding carboxylic acids is 1. The molecule has 202 valence electrons. The van der Waals surface area contributed by atoms with Crippen LogP contribution in [0.2, 0.25) is 0 Å². The molecule has 3 rings (SSSR count). The SMILES string of the molecule is CCN(CC)CCC([C@H](CCc1ccccc1C(N)=O)c1nc(-c2ccc(F)c(C#N)c2)n[nH]1)S(=O)(=O)O. The molecule has 0 aliphatic carbocycles. The Kier molecular flexibility index (Phi) is 9.68. The number of aromatic amines is 1. The van der Waals surface area contributed by atoms with Crippen LogP contribution in [0.25, 0.3) is 11.4 Å². The number of nitriles is 1. The number of aryl methyl sites for hydroxylation is 1. The van der Waals surface area contributed by atoms with Gasteiger partial charge in [0.1, 0.15) is 17.7 Å². The van der Waals surface area contributed by atoms with Crippen molar-refractivity contribution in [2.75, 3.05) is 19.6 Å². The number of primary amides is 1. The van der Waals surface area contributed by atoms with Crippen molar-refractivity contribution >= 4 is 16.0 Å². The predicted molar refractivity (Wildman–Crippen MR) is 140 cm³/mol. The van der Waals surface area contributed by atoms with Crippen LogP contribution in [0.5, 0.6) is 0 Å². The zero-order valence-electron chi connectivity index (χ0n) is 21.3. The highest BCUT2D eigenvalue weighted by Crippen LogP contribution is 2.31. The van der Waals surface area contributed by atoms with Crippen molar-refractivity contribution in [1.82, 2.24) is 20.1 Å². The van der Waals surface area contributed by atoms with E-state index in [0.717, 1.165) is 6.07 Å². The van der Waals surface area contributed by atoms with E-state index >= 15 is 0 Å². The average Bonchev–Trinajstić information content (AvgIpc) is 3.38. The van der Waals surface area contributed by atoms with Crippen LogP contribution in [0.1, 0.15) is 59.9 Å². The smallest absolute Gasteiger partial charge is 0.268 e. The van der Waals surface area contributed by atoms with E-state index in [1.54, 1.807) is 30.3 Å². The van der Waals surface area contributed by atoms with Crippen LogP contribution >= 0.6 is 0 Å². The molecule has 0 fully saturated rings. The summed E-state index contributed by atoms with van der Waals surface area (Å²) in [5.41, 5.74) is 6.67. The van der Waals surface area contributed by atoms with Crippen molar-refractivity contribution in [3.63, 3.8) is 0 Å². The summed E-state index contributed by atoms with van der Waals surface area (Å²) in [5, 5.41) is 14.9. The molecule has 1 aromatic heterocycles. The Hall–Kier alpha value is -3.66. The van der Waals surface area contributed by atoms with Gasteiger partial charge < -0.3 is 10.6 Å². The fraction of sp³-hybridized carbons (Fsp3) is 0.385. The molecule has 3 aromatic rings. The highest BCUT2D eigenvalue weighted by atomic mass is 32.2. The van der Waals surface area contributed by atoms with Crippen molar-refractivity contribution in [3.05, 3.63) is 70.8 Å². The third-order valence-electron chi connectivity index (χ3n) is 6.66. The van der Waals surface area contributed by atoms with Gasteiger partial charge in [0.2, 0.25) is 5.91 Å². The van der Waals surface area contributed by atoms with Crippen LogP contribution in [0.3, 0.4) is 0 Å². The molecule has 0 radical (unpaired) electrons. The molecule has 1 heterocycles. The number of hydrogen-bond donors (Lipinski definition) is 3. The van der Waals surface area contributed by atoms with Gasteiger partial charge in [-0.05, 0) is 68.7 Å². The van der Waals surface area contributed by atoms with E-state index in [1.165, 1.54) is 12.1 Å². The molecule has 1 unspecified atom stereocenters. The average molecular weight is 543 g/mol.